The summed E-state index contributed by atoms with van der Waals surface area (Å²) in [6, 6.07) is 13.0. The molecule has 2 aromatic carbocycles. The highest BCUT2D eigenvalue weighted by atomic mass is 19.1. The lowest BCUT2D eigenvalue weighted by Crippen LogP contribution is -2.19. The highest BCUT2D eigenvalue weighted by Gasteiger charge is 2.15. The van der Waals surface area contributed by atoms with Crippen LogP contribution in [0.3, 0.4) is 0 Å². The van der Waals surface area contributed by atoms with Gasteiger partial charge in [-0.2, -0.15) is 5.10 Å². The number of benzene rings is 2. The summed E-state index contributed by atoms with van der Waals surface area (Å²) in [5, 5.41) is 14.8. The average Bonchev–Trinajstić information content (AvgIpc) is 3.18. The Balaban J connectivity index is 1.67. The number of nitrogens with zero attached hydrogens (tertiary/aromatic N) is 2. The normalized spacial score (nSPS) is 10.8. The summed E-state index contributed by atoms with van der Waals surface area (Å²) in [4.78, 5) is 22.4. The van der Waals surface area contributed by atoms with Crippen molar-refractivity contribution < 1.29 is 23.3 Å². The van der Waals surface area contributed by atoms with Crippen molar-refractivity contribution in [1.82, 2.24) is 5.43 Å². The maximum atomic E-state index is 12.9. The number of hydrogen-bond donors (Lipinski definition) is 1. The van der Waals surface area contributed by atoms with E-state index in [0.29, 0.717) is 28.4 Å². The lowest BCUT2D eigenvalue weighted by molar-refractivity contribution is -0.384. The Bertz CT molecular complexity index is 1060. The lowest BCUT2D eigenvalue weighted by Gasteiger charge is -2.05. The Hall–Kier alpha value is -4.01. The van der Waals surface area contributed by atoms with Crippen LogP contribution in [0.15, 0.2) is 64.1 Å². The molecule has 3 aromatic rings. The zero-order valence-electron chi connectivity index (χ0n) is 15.3. The Morgan fingerprint density at radius 3 is 2.69 bits per heavy atom. The van der Waals surface area contributed by atoms with Gasteiger partial charge in [0.1, 0.15) is 23.1 Å². The van der Waals surface area contributed by atoms with E-state index >= 15 is 0 Å². The second-order valence-electron chi connectivity index (χ2n) is 5.94. The first-order valence-electron chi connectivity index (χ1n) is 8.45. The maximum absolute atomic E-state index is 12.9. The summed E-state index contributed by atoms with van der Waals surface area (Å²) in [6.07, 6.45) is 1.35. The molecule has 3 rings (SSSR count). The fraction of sp³-hybridized carbons (Fsp3) is 0.100. The van der Waals surface area contributed by atoms with Gasteiger partial charge in [-0.05, 0) is 35.9 Å². The molecule has 0 fully saturated rings. The van der Waals surface area contributed by atoms with Gasteiger partial charge in [0, 0.05) is 12.1 Å². The van der Waals surface area contributed by atoms with Crippen molar-refractivity contribution in [1.29, 1.82) is 0 Å². The van der Waals surface area contributed by atoms with E-state index in [1.54, 1.807) is 12.1 Å². The Morgan fingerprint density at radius 1 is 1.24 bits per heavy atom. The number of hydrogen-bond acceptors (Lipinski definition) is 6. The van der Waals surface area contributed by atoms with Gasteiger partial charge in [0.05, 0.1) is 30.2 Å². The molecule has 0 atom stereocenters. The molecule has 1 aromatic heterocycles. The molecule has 148 valence electrons. The monoisotopic (exact) mass is 397 g/mol. The summed E-state index contributed by atoms with van der Waals surface area (Å²) in [5.74, 6) is 0.350. The molecule has 8 nitrogen and oxygen atoms in total. The summed E-state index contributed by atoms with van der Waals surface area (Å²) in [6.45, 7) is 0. The molecule has 0 unspecified atom stereocenters. The van der Waals surface area contributed by atoms with Crippen LogP contribution in [0.1, 0.15) is 11.3 Å². The van der Waals surface area contributed by atoms with Crippen molar-refractivity contribution >= 4 is 17.8 Å². The van der Waals surface area contributed by atoms with Gasteiger partial charge in [0.15, 0.2) is 0 Å². The highest BCUT2D eigenvalue weighted by Crippen LogP contribution is 2.34. The third-order valence-electron chi connectivity index (χ3n) is 3.95. The molecule has 0 bridgehead atoms. The van der Waals surface area contributed by atoms with E-state index < -0.39 is 4.92 Å². The number of rotatable bonds is 7. The smallest absolute Gasteiger partial charge is 0.270 e. The number of ether oxygens (including phenoxy) is 1. The number of carbonyl (C=O) groups is 1. The number of non-ortho nitro benzene ring substituents is 1. The standard InChI is InChI=1S/C20H16FN3O5/c1-28-18-8-6-15(24(26)27)11-17(18)19-9-7-16(29-19)12-22-23-20(25)10-13-2-4-14(21)5-3-13/h2-9,11-12H,10H2,1H3,(H,23,25)/b22-12+. The predicted molar refractivity (Wildman–Crippen MR) is 103 cm³/mol. The Kier molecular flexibility index (Phi) is 5.98. The fourth-order valence-electron chi connectivity index (χ4n) is 2.56. The number of carbonyl (C=O) groups excluding carboxylic acids is 1. The first-order valence-corrected chi connectivity index (χ1v) is 8.45. The number of nitrogens with one attached hydrogen (secondary N) is 1. The lowest BCUT2D eigenvalue weighted by atomic mass is 10.1. The number of nitro groups is 1. The van der Waals surface area contributed by atoms with E-state index in [0.717, 1.165) is 0 Å². The van der Waals surface area contributed by atoms with Crippen LogP contribution in [0.2, 0.25) is 0 Å². The van der Waals surface area contributed by atoms with Crippen molar-refractivity contribution in [2.75, 3.05) is 7.11 Å². The minimum atomic E-state index is -0.509. The number of furan rings is 1. The number of nitro benzene ring substituents is 1. The van der Waals surface area contributed by atoms with E-state index in [4.69, 9.17) is 9.15 Å². The molecule has 0 aliphatic heterocycles. The SMILES string of the molecule is COc1ccc([N+](=O)[O-])cc1-c1ccc(/C=N/NC(=O)Cc2ccc(F)cc2)o1. The summed E-state index contributed by atoms with van der Waals surface area (Å²) < 4.78 is 23.7. The number of amides is 1. The second kappa shape index (κ2) is 8.79. The molecule has 0 radical (unpaired) electrons. The maximum Gasteiger partial charge on any atom is 0.270 e. The highest BCUT2D eigenvalue weighted by molar-refractivity contribution is 5.82. The summed E-state index contributed by atoms with van der Waals surface area (Å²) >= 11 is 0. The molecule has 0 spiro atoms. The zero-order chi connectivity index (χ0) is 20.8. The van der Waals surface area contributed by atoms with Crippen molar-refractivity contribution in [3.63, 3.8) is 0 Å². The molecule has 0 aliphatic carbocycles. The van der Waals surface area contributed by atoms with E-state index in [-0.39, 0.29) is 23.8 Å². The van der Waals surface area contributed by atoms with E-state index in [1.807, 2.05) is 0 Å². The molecule has 29 heavy (non-hydrogen) atoms. The van der Waals surface area contributed by atoms with E-state index in [1.165, 1.54) is 55.8 Å². The van der Waals surface area contributed by atoms with Gasteiger partial charge in [-0.15, -0.1) is 0 Å². The predicted octanol–water partition coefficient (Wildman–Crippen LogP) is 3.70. The molecule has 1 heterocycles. The van der Waals surface area contributed by atoms with E-state index in [9.17, 15) is 19.3 Å². The average molecular weight is 397 g/mol. The van der Waals surface area contributed by atoms with Crippen LogP contribution in [-0.2, 0) is 11.2 Å². The molecule has 1 N–H and O–H groups in total. The van der Waals surface area contributed by atoms with Gasteiger partial charge in [0.25, 0.3) is 5.69 Å². The van der Waals surface area contributed by atoms with Gasteiger partial charge in [0.2, 0.25) is 5.91 Å². The minimum Gasteiger partial charge on any atom is -0.496 e. The second-order valence-corrected chi connectivity index (χ2v) is 5.94. The topological polar surface area (TPSA) is 107 Å². The first kappa shape index (κ1) is 19.7. The third kappa shape index (κ3) is 5.04. The van der Waals surface area contributed by atoms with Gasteiger partial charge >= 0.3 is 0 Å². The molecular weight excluding hydrogens is 381 g/mol. The van der Waals surface area contributed by atoms with Crippen LogP contribution in [0, 0.1) is 15.9 Å². The van der Waals surface area contributed by atoms with Crippen molar-refractivity contribution in [3.05, 3.63) is 81.9 Å². The summed E-state index contributed by atoms with van der Waals surface area (Å²) in [7, 11) is 1.45. The van der Waals surface area contributed by atoms with Crippen LogP contribution in [0.5, 0.6) is 5.75 Å². The van der Waals surface area contributed by atoms with Crippen LogP contribution in [0.4, 0.5) is 10.1 Å². The van der Waals surface area contributed by atoms with Crippen LogP contribution >= 0.6 is 0 Å². The molecule has 9 heteroatoms. The number of hydrazone groups is 1. The van der Waals surface area contributed by atoms with Crippen LogP contribution in [0.25, 0.3) is 11.3 Å². The Labute approximate surface area is 164 Å². The minimum absolute atomic E-state index is 0.0475. The molecule has 0 aliphatic rings. The quantitative estimate of drug-likeness (QED) is 0.372. The molecule has 0 saturated carbocycles. The number of methoxy groups -OCH3 is 1. The van der Waals surface area contributed by atoms with E-state index in [2.05, 4.69) is 10.5 Å². The largest absolute Gasteiger partial charge is 0.496 e. The zero-order valence-corrected chi connectivity index (χ0v) is 15.3. The van der Waals surface area contributed by atoms with Crippen molar-refractivity contribution in [2.24, 2.45) is 5.10 Å². The Morgan fingerprint density at radius 2 is 2.00 bits per heavy atom. The first-order chi connectivity index (χ1) is 14.0. The van der Waals surface area contributed by atoms with Gasteiger partial charge in [-0.25, -0.2) is 9.82 Å². The van der Waals surface area contributed by atoms with Crippen molar-refractivity contribution in [2.45, 2.75) is 6.42 Å². The molecular formula is C20H16FN3O5. The van der Waals surface area contributed by atoms with Crippen LogP contribution < -0.4 is 10.2 Å². The third-order valence-corrected chi connectivity index (χ3v) is 3.95. The number of halogens is 1. The van der Waals surface area contributed by atoms with Crippen LogP contribution in [-0.4, -0.2) is 24.2 Å². The van der Waals surface area contributed by atoms with Gasteiger partial charge < -0.3 is 9.15 Å². The molecule has 0 saturated heterocycles. The molecule has 1 amide bonds. The van der Waals surface area contributed by atoms with Gasteiger partial charge in [-0.3, -0.25) is 14.9 Å². The summed E-state index contributed by atoms with van der Waals surface area (Å²) in [5.41, 5.74) is 3.32. The van der Waals surface area contributed by atoms with Gasteiger partial charge in [-0.1, -0.05) is 12.1 Å². The fourth-order valence-corrected chi connectivity index (χ4v) is 2.56. The van der Waals surface area contributed by atoms with Crippen molar-refractivity contribution in [3.8, 4) is 17.1 Å².